The molecule has 0 aromatic heterocycles. The molecule has 0 bridgehead atoms. The molecule has 1 unspecified atom stereocenters. The lowest BCUT2D eigenvalue weighted by Crippen LogP contribution is -2.26. The molecule has 0 aliphatic carbocycles. The quantitative estimate of drug-likeness (QED) is 0.848. The van der Waals surface area contributed by atoms with E-state index < -0.39 is 0 Å². The normalized spacial score (nSPS) is 17.9. The summed E-state index contributed by atoms with van der Waals surface area (Å²) in [7, 11) is 0. The van der Waals surface area contributed by atoms with Crippen LogP contribution >= 0.6 is 12.4 Å². The highest BCUT2D eigenvalue weighted by Crippen LogP contribution is 2.18. The number of ether oxygens (including phenoxy) is 1. The Balaban J connectivity index is 0.00000220. The van der Waals surface area contributed by atoms with Crippen LogP contribution in [0.2, 0.25) is 0 Å². The van der Waals surface area contributed by atoms with E-state index in [9.17, 15) is 4.79 Å². The second kappa shape index (κ2) is 9.77. The van der Waals surface area contributed by atoms with Gasteiger partial charge in [0.25, 0.3) is 0 Å². The number of hydrogen-bond donors (Lipinski definition) is 2. The van der Waals surface area contributed by atoms with Crippen molar-refractivity contribution in [2.45, 2.75) is 45.3 Å². The molecule has 1 atom stereocenters. The number of nitrogens with one attached hydrogen (secondary N) is 2. The van der Waals surface area contributed by atoms with E-state index in [2.05, 4.69) is 17.6 Å². The second-order valence-corrected chi connectivity index (χ2v) is 5.18. The van der Waals surface area contributed by atoms with Crippen LogP contribution in [0.4, 0.5) is 5.69 Å². The van der Waals surface area contributed by atoms with Gasteiger partial charge in [-0.25, -0.2) is 0 Å². The van der Waals surface area contributed by atoms with E-state index in [1.54, 1.807) is 0 Å². The van der Waals surface area contributed by atoms with Crippen LogP contribution in [0.1, 0.15) is 38.2 Å². The number of carbonyl (C=O) groups is 1. The van der Waals surface area contributed by atoms with Gasteiger partial charge in [-0.1, -0.05) is 25.1 Å². The molecular weight excluding hydrogens is 288 g/mol. The predicted octanol–water partition coefficient (Wildman–Crippen LogP) is 3.12. The molecule has 21 heavy (non-hydrogen) atoms. The Morgan fingerprint density at radius 2 is 2.14 bits per heavy atom. The van der Waals surface area contributed by atoms with Crippen LogP contribution in [0.3, 0.4) is 0 Å². The summed E-state index contributed by atoms with van der Waals surface area (Å²) in [5.41, 5.74) is 2.02. The van der Waals surface area contributed by atoms with Crippen molar-refractivity contribution in [3.63, 3.8) is 0 Å². The van der Waals surface area contributed by atoms with Gasteiger partial charge in [-0.3, -0.25) is 4.79 Å². The van der Waals surface area contributed by atoms with Crippen molar-refractivity contribution in [1.82, 2.24) is 5.32 Å². The molecule has 4 nitrogen and oxygen atoms in total. The highest BCUT2D eigenvalue weighted by atomic mass is 35.5. The van der Waals surface area contributed by atoms with E-state index in [0.29, 0.717) is 6.42 Å². The largest absolute Gasteiger partial charge is 0.378 e. The van der Waals surface area contributed by atoms with E-state index in [0.717, 1.165) is 50.2 Å². The van der Waals surface area contributed by atoms with Gasteiger partial charge in [0.15, 0.2) is 0 Å². The molecule has 0 saturated carbocycles. The lowest BCUT2D eigenvalue weighted by Gasteiger charge is -2.22. The zero-order valence-corrected chi connectivity index (χ0v) is 13.4. The van der Waals surface area contributed by atoms with Crippen LogP contribution in [-0.2, 0) is 16.1 Å². The van der Waals surface area contributed by atoms with Gasteiger partial charge >= 0.3 is 0 Å². The topological polar surface area (TPSA) is 50.4 Å². The van der Waals surface area contributed by atoms with Crippen LogP contribution < -0.4 is 10.6 Å². The summed E-state index contributed by atoms with van der Waals surface area (Å²) >= 11 is 0. The summed E-state index contributed by atoms with van der Waals surface area (Å²) < 4.78 is 5.61. The number of halogens is 1. The van der Waals surface area contributed by atoms with Crippen molar-refractivity contribution in [1.29, 1.82) is 0 Å². The minimum absolute atomic E-state index is 0. The molecule has 0 radical (unpaired) electrons. The Labute approximate surface area is 133 Å². The van der Waals surface area contributed by atoms with Crippen molar-refractivity contribution in [3.8, 4) is 0 Å². The maximum atomic E-state index is 12.1. The molecule has 1 heterocycles. The summed E-state index contributed by atoms with van der Waals surface area (Å²) in [6, 6.07) is 7.93. The van der Waals surface area contributed by atoms with Gasteiger partial charge in [0.05, 0.1) is 12.5 Å². The third-order valence-corrected chi connectivity index (χ3v) is 3.54. The molecular formula is C16H25ClN2O2. The highest BCUT2D eigenvalue weighted by Gasteiger charge is 2.18. The van der Waals surface area contributed by atoms with Crippen LogP contribution in [0, 0.1) is 0 Å². The summed E-state index contributed by atoms with van der Waals surface area (Å²) in [5, 5.41) is 6.29. The van der Waals surface area contributed by atoms with E-state index in [1.807, 2.05) is 24.3 Å². The molecule has 1 aromatic rings. The standard InChI is InChI=1S/C16H24N2O2.ClH/c1-2-17-12-13-7-3-4-9-15(13)18-16(19)11-14-8-5-6-10-20-14;/h3-4,7,9,14,17H,2,5-6,8,10-12H2,1H3,(H,18,19);1H. The Kier molecular flexibility index (Phi) is 8.35. The first-order chi connectivity index (χ1) is 9.79. The zero-order valence-electron chi connectivity index (χ0n) is 12.6. The van der Waals surface area contributed by atoms with Crippen LogP contribution in [0.25, 0.3) is 0 Å². The minimum Gasteiger partial charge on any atom is -0.378 e. The maximum absolute atomic E-state index is 12.1. The van der Waals surface area contributed by atoms with E-state index in [4.69, 9.17) is 4.74 Å². The Morgan fingerprint density at radius 3 is 2.86 bits per heavy atom. The lowest BCUT2D eigenvalue weighted by molar-refractivity contribution is -0.119. The SMILES string of the molecule is CCNCc1ccccc1NC(=O)CC1CCCCO1.Cl. The first-order valence-corrected chi connectivity index (χ1v) is 7.49. The molecule has 2 rings (SSSR count). The monoisotopic (exact) mass is 312 g/mol. The van der Waals surface area contributed by atoms with Crippen molar-refractivity contribution in [2.24, 2.45) is 0 Å². The van der Waals surface area contributed by atoms with Crippen LogP contribution in [-0.4, -0.2) is 25.2 Å². The lowest BCUT2D eigenvalue weighted by atomic mass is 10.1. The molecule has 1 aliphatic heterocycles. The third-order valence-electron chi connectivity index (χ3n) is 3.54. The number of benzene rings is 1. The van der Waals surface area contributed by atoms with Gasteiger partial charge in [0.2, 0.25) is 5.91 Å². The van der Waals surface area contributed by atoms with Crippen molar-refractivity contribution < 1.29 is 9.53 Å². The smallest absolute Gasteiger partial charge is 0.226 e. The Hall–Kier alpha value is -1.10. The highest BCUT2D eigenvalue weighted by molar-refractivity contribution is 5.91. The fourth-order valence-electron chi connectivity index (χ4n) is 2.43. The van der Waals surface area contributed by atoms with Gasteiger partial charge in [0, 0.05) is 18.8 Å². The molecule has 118 valence electrons. The molecule has 5 heteroatoms. The summed E-state index contributed by atoms with van der Waals surface area (Å²) in [4.78, 5) is 12.1. The van der Waals surface area contributed by atoms with Crippen molar-refractivity contribution >= 4 is 24.0 Å². The van der Waals surface area contributed by atoms with Crippen molar-refractivity contribution in [3.05, 3.63) is 29.8 Å². The molecule has 2 N–H and O–H groups in total. The predicted molar refractivity (Wildman–Crippen MR) is 87.9 cm³/mol. The minimum atomic E-state index is 0. The first kappa shape index (κ1) is 18.0. The number of para-hydroxylation sites is 1. The van der Waals surface area contributed by atoms with Gasteiger partial charge in [-0.05, 0) is 37.4 Å². The van der Waals surface area contributed by atoms with Gasteiger partial charge in [0.1, 0.15) is 0 Å². The van der Waals surface area contributed by atoms with Crippen LogP contribution in [0.15, 0.2) is 24.3 Å². The van der Waals surface area contributed by atoms with Crippen molar-refractivity contribution in [2.75, 3.05) is 18.5 Å². The molecule has 1 fully saturated rings. The van der Waals surface area contributed by atoms with E-state index >= 15 is 0 Å². The van der Waals surface area contributed by atoms with Gasteiger partial charge in [-0.2, -0.15) is 0 Å². The number of hydrogen-bond acceptors (Lipinski definition) is 3. The number of anilines is 1. The zero-order chi connectivity index (χ0) is 14.2. The fraction of sp³-hybridized carbons (Fsp3) is 0.562. The summed E-state index contributed by atoms with van der Waals surface area (Å²) in [6.07, 6.45) is 3.81. The maximum Gasteiger partial charge on any atom is 0.226 e. The molecule has 1 saturated heterocycles. The average molecular weight is 313 g/mol. The Bertz CT molecular complexity index is 434. The first-order valence-electron chi connectivity index (χ1n) is 7.49. The molecule has 1 aliphatic rings. The van der Waals surface area contributed by atoms with Crippen LogP contribution in [0.5, 0.6) is 0 Å². The summed E-state index contributed by atoms with van der Waals surface area (Å²) in [6.45, 7) is 4.54. The molecule has 1 aromatic carbocycles. The fourth-order valence-corrected chi connectivity index (χ4v) is 2.43. The average Bonchev–Trinajstić information content (AvgIpc) is 2.47. The number of rotatable bonds is 6. The van der Waals surface area contributed by atoms with Gasteiger partial charge < -0.3 is 15.4 Å². The number of carbonyl (C=O) groups excluding carboxylic acids is 1. The summed E-state index contributed by atoms with van der Waals surface area (Å²) in [5.74, 6) is 0.0425. The number of amides is 1. The molecule has 1 amide bonds. The Morgan fingerprint density at radius 1 is 1.33 bits per heavy atom. The second-order valence-electron chi connectivity index (χ2n) is 5.18. The third kappa shape index (κ3) is 6.04. The van der Waals surface area contributed by atoms with Gasteiger partial charge in [-0.15, -0.1) is 12.4 Å². The molecule has 0 spiro atoms. The van der Waals surface area contributed by atoms with E-state index in [1.165, 1.54) is 0 Å². The van der Waals surface area contributed by atoms with E-state index in [-0.39, 0.29) is 24.4 Å².